The quantitative estimate of drug-likeness (QED) is 0.388. The van der Waals surface area contributed by atoms with Crippen molar-refractivity contribution < 1.29 is 14.3 Å². The van der Waals surface area contributed by atoms with Gasteiger partial charge in [-0.05, 0) is 60.0 Å². The largest absolute Gasteiger partial charge is 0.382 e. The number of halogens is 1. The van der Waals surface area contributed by atoms with Crippen LogP contribution < -0.4 is 0 Å². The molecule has 0 aliphatic carbocycles. The van der Waals surface area contributed by atoms with Gasteiger partial charge in [0.1, 0.15) is 6.54 Å². The van der Waals surface area contributed by atoms with Crippen molar-refractivity contribution in [3.63, 3.8) is 0 Å². The Hall–Kier alpha value is -2.12. The number of amides is 2. The van der Waals surface area contributed by atoms with Crippen molar-refractivity contribution >= 4 is 27.7 Å². The Morgan fingerprint density at radius 3 is 2.42 bits per heavy atom. The van der Waals surface area contributed by atoms with Crippen LogP contribution in [-0.2, 0) is 23.1 Å². The van der Waals surface area contributed by atoms with E-state index in [1.165, 1.54) is 0 Å². The summed E-state index contributed by atoms with van der Waals surface area (Å²) in [5.74, 6) is -0.182. The van der Waals surface area contributed by atoms with E-state index in [1.807, 2.05) is 60.0 Å². The van der Waals surface area contributed by atoms with Crippen LogP contribution in [0.5, 0.6) is 0 Å². The van der Waals surface area contributed by atoms with E-state index in [9.17, 15) is 9.59 Å². The molecule has 2 aromatic rings. The molecule has 0 radical (unpaired) electrons. The van der Waals surface area contributed by atoms with Crippen LogP contribution in [0.25, 0.3) is 0 Å². The molecule has 7 heteroatoms. The van der Waals surface area contributed by atoms with E-state index in [-0.39, 0.29) is 18.4 Å². The highest BCUT2D eigenvalue weighted by molar-refractivity contribution is 9.10. The number of nitrogens with zero attached hydrogens (tertiary/aromatic N) is 3. The van der Waals surface area contributed by atoms with Gasteiger partial charge in [0, 0.05) is 49.7 Å². The second-order valence-electron chi connectivity index (χ2n) is 7.54. The zero-order chi connectivity index (χ0) is 22.6. The van der Waals surface area contributed by atoms with Gasteiger partial charge in [-0.3, -0.25) is 9.59 Å². The Labute approximate surface area is 194 Å². The molecule has 0 atom stereocenters. The van der Waals surface area contributed by atoms with Crippen LogP contribution in [0.1, 0.15) is 49.2 Å². The molecule has 0 saturated carbocycles. The second-order valence-corrected chi connectivity index (χ2v) is 8.39. The highest BCUT2D eigenvalue weighted by Gasteiger charge is 2.23. The lowest BCUT2D eigenvalue weighted by atomic mass is 10.2. The summed E-state index contributed by atoms with van der Waals surface area (Å²) < 4.78 is 8.19. The van der Waals surface area contributed by atoms with Crippen LogP contribution >= 0.6 is 15.9 Å². The zero-order valence-electron chi connectivity index (χ0n) is 18.8. The van der Waals surface area contributed by atoms with Gasteiger partial charge in [-0.25, -0.2) is 0 Å². The van der Waals surface area contributed by atoms with Gasteiger partial charge in [0.05, 0.1) is 12.1 Å². The van der Waals surface area contributed by atoms with Crippen LogP contribution in [0.3, 0.4) is 0 Å². The van der Waals surface area contributed by atoms with Crippen molar-refractivity contribution in [3.05, 3.63) is 58.3 Å². The molecule has 31 heavy (non-hydrogen) atoms. The Balaban J connectivity index is 2.16. The van der Waals surface area contributed by atoms with Gasteiger partial charge in [-0.2, -0.15) is 0 Å². The molecule has 0 unspecified atom stereocenters. The third kappa shape index (κ3) is 7.82. The molecule has 0 bridgehead atoms. The summed E-state index contributed by atoms with van der Waals surface area (Å²) in [5.41, 5.74) is 1.64. The first-order valence-electron chi connectivity index (χ1n) is 11.0. The highest BCUT2D eigenvalue weighted by atomic mass is 79.9. The lowest BCUT2D eigenvalue weighted by Crippen LogP contribution is -2.44. The number of aryl methyl sites for hydroxylation is 1. The van der Waals surface area contributed by atoms with Crippen molar-refractivity contribution in [3.8, 4) is 0 Å². The summed E-state index contributed by atoms with van der Waals surface area (Å²) in [7, 11) is 1.98. The van der Waals surface area contributed by atoms with Gasteiger partial charge in [-0.15, -0.1) is 0 Å². The molecule has 1 aromatic carbocycles. The normalized spacial score (nSPS) is 10.8. The molecule has 0 aliphatic heterocycles. The molecule has 0 fully saturated rings. The molecule has 2 rings (SSSR count). The van der Waals surface area contributed by atoms with Gasteiger partial charge in [0.25, 0.3) is 5.91 Å². The summed E-state index contributed by atoms with van der Waals surface area (Å²) in [4.78, 5) is 30.0. The first kappa shape index (κ1) is 25.1. The summed E-state index contributed by atoms with van der Waals surface area (Å²) in [5, 5.41) is 0. The van der Waals surface area contributed by atoms with Crippen LogP contribution in [0.15, 0.2) is 47.1 Å². The van der Waals surface area contributed by atoms with Crippen molar-refractivity contribution in [2.75, 3.05) is 32.8 Å². The Morgan fingerprint density at radius 1 is 1.03 bits per heavy atom. The van der Waals surface area contributed by atoms with Gasteiger partial charge in [0.2, 0.25) is 5.91 Å². The molecule has 0 spiro atoms. The number of ether oxygens (including phenoxy) is 1. The maximum Gasteiger partial charge on any atom is 0.255 e. The fraction of sp³-hybridized carbons (Fsp3) is 0.500. The first-order valence-corrected chi connectivity index (χ1v) is 11.8. The van der Waals surface area contributed by atoms with E-state index in [4.69, 9.17) is 4.74 Å². The molecule has 0 N–H and O–H groups in total. The van der Waals surface area contributed by atoms with E-state index in [0.29, 0.717) is 44.8 Å². The number of carbonyl (C=O) groups excluding carboxylic acids is 2. The van der Waals surface area contributed by atoms with E-state index >= 15 is 0 Å². The monoisotopic (exact) mass is 491 g/mol. The predicted octanol–water partition coefficient (Wildman–Crippen LogP) is 4.49. The van der Waals surface area contributed by atoms with Crippen LogP contribution in [0.2, 0.25) is 0 Å². The smallest absolute Gasteiger partial charge is 0.255 e. The van der Waals surface area contributed by atoms with E-state index in [1.54, 1.807) is 11.0 Å². The van der Waals surface area contributed by atoms with E-state index in [0.717, 1.165) is 23.0 Å². The topological polar surface area (TPSA) is 54.8 Å². The zero-order valence-corrected chi connectivity index (χ0v) is 20.4. The number of unbranched alkanes of at least 4 members (excludes halogenated alkanes) is 1. The standard InChI is InChI=1S/C24H34BrN3O3/c1-4-6-15-27(18-20-11-9-14-26(20)3)23(29)19-28(16-10-17-31-5-2)24(30)21-12-7-8-13-22(21)25/h7-9,11-14H,4-6,10,15-19H2,1-3H3. The maximum absolute atomic E-state index is 13.3. The Morgan fingerprint density at radius 2 is 1.77 bits per heavy atom. The van der Waals surface area contributed by atoms with Crippen LogP contribution in [0, 0.1) is 0 Å². The Bertz CT molecular complexity index is 837. The Kier molecular flexibility index (Phi) is 10.8. The van der Waals surface area contributed by atoms with Crippen molar-refractivity contribution in [1.29, 1.82) is 0 Å². The average Bonchev–Trinajstić information content (AvgIpc) is 3.17. The van der Waals surface area contributed by atoms with Gasteiger partial charge in [-0.1, -0.05) is 25.5 Å². The molecule has 1 aromatic heterocycles. The lowest BCUT2D eigenvalue weighted by molar-refractivity contribution is -0.132. The van der Waals surface area contributed by atoms with Crippen LogP contribution in [0.4, 0.5) is 0 Å². The summed E-state index contributed by atoms with van der Waals surface area (Å²) in [6.07, 6.45) is 4.60. The molecule has 6 nitrogen and oxygen atoms in total. The summed E-state index contributed by atoms with van der Waals surface area (Å²) in [6, 6.07) is 11.3. The second kappa shape index (κ2) is 13.3. The van der Waals surface area contributed by atoms with E-state index in [2.05, 4.69) is 22.9 Å². The number of hydrogen-bond acceptors (Lipinski definition) is 3. The number of carbonyl (C=O) groups is 2. The maximum atomic E-state index is 13.3. The number of aromatic nitrogens is 1. The minimum atomic E-state index is -0.147. The molecule has 0 saturated heterocycles. The number of benzene rings is 1. The van der Waals surface area contributed by atoms with Crippen molar-refractivity contribution in [1.82, 2.24) is 14.4 Å². The first-order chi connectivity index (χ1) is 15.0. The highest BCUT2D eigenvalue weighted by Crippen LogP contribution is 2.18. The minimum absolute atomic E-state index is 0.0357. The average molecular weight is 492 g/mol. The van der Waals surface area contributed by atoms with Crippen molar-refractivity contribution in [2.24, 2.45) is 7.05 Å². The molecule has 2 amide bonds. The fourth-order valence-electron chi connectivity index (χ4n) is 3.32. The summed E-state index contributed by atoms with van der Waals surface area (Å²) >= 11 is 3.47. The van der Waals surface area contributed by atoms with Crippen molar-refractivity contribution in [2.45, 2.75) is 39.7 Å². The molecule has 0 aliphatic rings. The number of rotatable bonds is 13. The van der Waals surface area contributed by atoms with E-state index < -0.39 is 0 Å². The van der Waals surface area contributed by atoms with Gasteiger partial charge < -0.3 is 19.1 Å². The molecular weight excluding hydrogens is 458 g/mol. The molecular formula is C24H34BrN3O3. The van der Waals surface area contributed by atoms with Crippen LogP contribution in [-0.4, -0.2) is 59.0 Å². The SMILES string of the molecule is CCCCN(Cc1cccn1C)C(=O)CN(CCCOCC)C(=O)c1ccccc1Br. The molecule has 170 valence electrons. The van der Waals surface area contributed by atoms with Gasteiger partial charge in [0.15, 0.2) is 0 Å². The number of hydrogen-bond donors (Lipinski definition) is 0. The lowest BCUT2D eigenvalue weighted by Gasteiger charge is -2.28. The summed E-state index contributed by atoms with van der Waals surface area (Å²) in [6.45, 7) is 7.00. The predicted molar refractivity (Wildman–Crippen MR) is 127 cm³/mol. The third-order valence-corrected chi connectivity index (χ3v) is 5.87. The molecule has 1 heterocycles. The third-order valence-electron chi connectivity index (χ3n) is 5.18. The van der Waals surface area contributed by atoms with Gasteiger partial charge >= 0.3 is 0 Å². The fourth-order valence-corrected chi connectivity index (χ4v) is 3.77. The minimum Gasteiger partial charge on any atom is -0.382 e.